The molecule has 4 aromatic heterocycles. The minimum atomic E-state index is -0.907. The van der Waals surface area contributed by atoms with Crippen molar-refractivity contribution in [3.63, 3.8) is 0 Å². The lowest BCUT2D eigenvalue weighted by Crippen LogP contribution is -1.91. The van der Waals surface area contributed by atoms with Crippen LogP contribution in [0.5, 0.6) is 0 Å². The number of rotatable bonds is 5. The molecular formula is C18H11N3O4S4. The molecule has 4 aromatic rings. The van der Waals surface area contributed by atoms with Gasteiger partial charge in [-0.15, -0.1) is 45.3 Å². The second-order valence-corrected chi connectivity index (χ2v) is 8.85. The van der Waals surface area contributed by atoms with Crippen molar-refractivity contribution in [3.8, 4) is 0 Å². The molecule has 1 N–H and O–H groups in total. The van der Waals surface area contributed by atoms with Gasteiger partial charge in [0, 0.05) is 48.4 Å². The SMILES string of the molecule is O=C(O)/C=C/c1csc2ccsc12.[N-]=[N+]=NOC(=O)/C=C/c1csc2ccsc12. The number of aliphatic carboxylic acids is 1. The smallest absolute Gasteiger partial charge is 0.342 e. The van der Waals surface area contributed by atoms with Crippen LogP contribution in [0, 0.1) is 0 Å². The number of carbonyl (C=O) groups excluding carboxylic acids is 1. The minimum Gasteiger partial charge on any atom is -0.478 e. The summed E-state index contributed by atoms with van der Waals surface area (Å²) < 4.78 is 4.71. The van der Waals surface area contributed by atoms with Crippen molar-refractivity contribution in [2.24, 2.45) is 5.28 Å². The van der Waals surface area contributed by atoms with Gasteiger partial charge in [-0.3, -0.25) is 0 Å². The van der Waals surface area contributed by atoms with Crippen molar-refractivity contribution in [3.05, 3.63) is 67.4 Å². The molecule has 0 aliphatic carbocycles. The van der Waals surface area contributed by atoms with E-state index in [-0.39, 0.29) is 0 Å². The van der Waals surface area contributed by atoms with Crippen molar-refractivity contribution in [1.82, 2.24) is 0 Å². The number of thiophene rings is 4. The molecule has 0 unspecified atom stereocenters. The Bertz CT molecular complexity index is 1250. The van der Waals surface area contributed by atoms with Crippen LogP contribution in [0.2, 0.25) is 0 Å². The second-order valence-electron chi connectivity index (χ2n) is 5.20. The van der Waals surface area contributed by atoms with E-state index in [1.165, 1.54) is 26.3 Å². The Morgan fingerprint density at radius 1 is 0.966 bits per heavy atom. The third-order valence-corrected chi connectivity index (χ3v) is 7.50. The summed E-state index contributed by atoms with van der Waals surface area (Å²) in [5, 5.41) is 19.1. The molecule has 0 spiro atoms. The molecule has 0 aliphatic heterocycles. The van der Waals surface area contributed by atoms with E-state index in [2.05, 4.69) is 15.0 Å². The normalized spacial score (nSPS) is 10.9. The van der Waals surface area contributed by atoms with Crippen LogP contribution in [0.1, 0.15) is 11.1 Å². The summed E-state index contributed by atoms with van der Waals surface area (Å²) in [5.74, 6) is -1.59. The Hall–Kier alpha value is -2.95. The molecule has 0 saturated carbocycles. The third kappa shape index (κ3) is 5.53. The Balaban J connectivity index is 0.000000169. The summed E-state index contributed by atoms with van der Waals surface area (Å²) in [6.07, 6.45) is 5.68. The Labute approximate surface area is 180 Å². The highest BCUT2D eigenvalue weighted by atomic mass is 32.1. The molecule has 0 aromatic carbocycles. The highest BCUT2D eigenvalue weighted by Crippen LogP contribution is 2.32. The van der Waals surface area contributed by atoms with Gasteiger partial charge >= 0.3 is 11.9 Å². The maximum Gasteiger partial charge on any atom is 0.342 e. The predicted octanol–water partition coefficient (Wildman–Crippen LogP) is 6.81. The van der Waals surface area contributed by atoms with Crippen LogP contribution in [0.4, 0.5) is 0 Å². The van der Waals surface area contributed by atoms with Gasteiger partial charge < -0.3 is 9.94 Å². The van der Waals surface area contributed by atoms with Crippen molar-refractivity contribution in [1.29, 1.82) is 0 Å². The fourth-order valence-electron chi connectivity index (χ4n) is 2.20. The topological polar surface area (TPSA) is 112 Å². The number of nitrogens with zero attached hydrogens (tertiary/aromatic N) is 3. The van der Waals surface area contributed by atoms with Crippen LogP contribution in [-0.2, 0) is 14.4 Å². The maximum absolute atomic E-state index is 11.0. The largest absolute Gasteiger partial charge is 0.478 e. The first-order valence-electron chi connectivity index (χ1n) is 7.82. The van der Waals surface area contributed by atoms with Crippen LogP contribution in [0.25, 0.3) is 41.4 Å². The Morgan fingerprint density at radius 3 is 2.03 bits per heavy atom. The number of carboxylic acid groups (broad SMARTS) is 1. The minimum absolute atomic E-state index is 0.686. The van der Waals surface area contributed by atoms with E-state index in [0.717, 1.165) is 15.8 Å². The maximum atomic E-state index is 11.0. The average molecular weight is 462 g/mol. The fourth-order valence-corrected chi connectivity index (χ4v) is 6.32. The Morgan fingerprint density at radius 2 is 1.52 bits per heavy atom. The van der Waals surface area contributed by atoms with Gasteiger partial charge in [0.05, 0.1) is 9.40 Å². The molecule has 11 heteroatoms. The molecule has 4 rings (SSSR count). The fraction of sp³-hybridized carbons (Fsp3) is 0. The van der Waals surface area contributed by atoms with E-state index < -0.39 is 11.9 Å². The zero-order valence-electron chi connectivity index (χ0n) is 14.4. The van der Waals surface area contributed by atoms with Crippen LogP contribution in [-0.4, -0.2) is 17.0 Å². The first-order chi connectivity index (χ1) is 14.1. The van der Waals surface area contributed by atoms with E-state index in [0.29, 0.717) is 0 Å². The molecule has 7 nitrogen and oxygen atoms in total. The van der Waals surface area contributed by atoms with Gasteiger partial charge in [-0.25, -0.2) is 9.59 Å². The van der Waals surface area contributed by atoms with Crippen LogP contribution >= 0.6 is 45.3 Å². The molecule has 29 heavy (non-hydrogen) atoms. The average Bonchev–Trinajstić information content (AvgIpc) is 3.46. The number of hydrogen-bond donors (Lipinski definition) is 1. The summed E-state index contributed by atoms with van der Waals surface area (Å²) in [6.45, 7) is 0. The lowest BCUT2D eigenvalue weighted by Gasteiger charge is -1.87. The van der Waals surface area contributed by atoms with E-state index in [9.17, 15) is 9.59 Å². The van der Waals surface area contributed by atoms with Gasteiger partial charge in [0.2, 0.25) is 0 Å². The van der Waals surface area contributed by atoms with E-state index >= 15 is 0 Å². The highest BCUT2D eigenvalue weighted by molar-refractivity contribution is 7.27. The number of hydrogen-bond acceptors (Lipinski definition) is 8. The summed E-state index contributed by atoms with van der Waals surface area (Å²) in [7, 11) is 0. The van der Waals surface area contributed by atoms with Crippen molar-refractivity contribution in [2.75, 3.05) is 0 Å². The zero-order valence-corrected chi connectivity index (χ0v) is 17.7. The lowest BCUT2D eigenvalue weighted by atomic mass is 10.3. The van der Waals surface area contributed by atoms with Gasteiger partial charge in [-0.05, 0) is 40.6 Å². The number of azide groups is 1. The molecular weight excluding hydrogens is 450 g/mol. The van der Waals surface area contributed by atoms with Gasteiger partial charge in [-0.1, -0.05) is 0 Å². The van der Waals surface area contributed by atoms with E-state index in [4.69, 9.17) is 10.6 Å². The van der Waals surface area contributed by atoms with E-state index in [1.54, 1.807) is 57.5 Å². The van der Waals surface area contributed by atoms with Crippen LogP contribution in [0.3, 0.4) is 0 Å². The first-order valence-corrected chi connectivity index (χ1v) is 11.3. The standard InChI is InChI=1S/C9H5N3O2S2.C9H6O2S2/c10-11-12-14-8(13)2-1-6-5-16-7-3-4-15-9(6)7;10-8(11)2-1-6-5-13-7-3-4-12-9(6)7/h1-5H;1-5H,(H,10,11)/b2*2-1+. The first kappa shape index (κ1) is 20.8. The molecule has 0 fully saturated rings. The van der Waals surface area contributed by atoms with Gasteiger partial charge in [-0.2, -0.15) is 0 Å². The van der Waals surface area contributed by atoms with Crippen LogP contribution in [0.15, 0.2) is 51.1 Å². The third-order valence-electron chi connectivity index (χ3n) is 3.38. The molecule has 146 valence electrons. The Kier molecular flexibility index (Phi) is 7.17. The molecule has 0 saturated heterocycles. The molecule has 0 aliphatic rings. The molecule has 0 amide bonds. The highest BCUT2D eigenvalue weighted by Gasteiger charge is 2.03. The summed E-state index contributed by atoms with van der Waals surface area (Å²) >= 11 is 6.51. The number of carbonyl (C=O) groups is 2. The molecule has 0 atom stereocenters. The molecule has 0 bridgehead atoms. The van der Waals surface area contributed by atoms with Gasteiger partial charge in [0.15, 0.2) is 0 Å². The van der Waals surface area contributed by atoms with Crippen LogP contribution < -0.4 is 0 Å². The monoisotopic (exact) mass is 461 g/mol. The van der Waals surface area contributed by atoms with Crippen molar-refractivity contribution < 1.29 is 19.5 Å². The quantitative estimate of drug-likeness (QED) is 0.116. The predicted molar refractivity (Wildman–Crippen MR) is 120 cm³/mol. The molecule has 4 heterocycles. The second kappa shape index (κ2) is 10.0. The zero-order chi connectivity index (χ0) is 20.6. The number of fused-ring (bicyclic) bond motifs is 2. The number of carboxylic acids is 1. The summed E-state index contributed by atoms with van der Waals surface area (Å²) in [6, 6.07) is 4.07. The van der Waals surface area contributed by atoms with E-state index in [1.807, 2.05) is 33.7 Å². The lowest BCUT2D eigenvalue weighted by molar-refractivity contribution is -0.138. The summed E-state index contributed by atoms with van der Waals surface area (Å²) in [5.41, 5.74) is 9.90. The van der Waals surface area contributed by atoms with Gasteiger partial charge in [0.1, 0.15) is 5.28 Å². The summed E-state index contributed by atoms with van der Waals surface area (Å²) in [4.78, 5) is 27.8. The van der Waals surface area contributed by atoms with Crippen molar-refractivity contribution >= 4 is 88.2 Å². The van der Waals surface area contributed by atoms with Gasteiger partial charge in [0.25, 0.3) is 0 Å². The molecule has 0 radical (unpaired) electrons. The van der Waals surface area contributed by atoms with Crippen molar-refractivity contribution in [2.45, 2.75) is 0 Å².